The summed E-state index contributed by atoms with van der Waals surface area (Å²) in [6.45, 7) is 10.3. The molecule has 0 radical (unpaired) electrons. The molecule has 0 saturated heterocycles. The van der Waals surface area contributed by atoms with Crippen molar-refractivity contribution in [2.45, 2.75) is 52.2 Å². The summed E-state index contributed by atoms with van der Waals surface area (Å²) < 4.78 is 12.2. The lowest BCUT2D eigenvalue weighted by atomic mass is 9.92. The van der Waals surface area contributed by atoms with Crippen LogP contribution in [0.15, 0.2) is 22.7 Å². The van der Waals surface area contributed by atoms with Crippen LogP contribution in [0.2, 0.25) is 0 Å². The van der Waals surface area contributed by atoms with Gasteiger partial charge in [-0.1, -0.05) is 13.0 Å². The standard InChI is InChI=1S/C17H28BrNO2/c1-6-10-19-16(17(3,4)21-7-2)12-13-8-9-15(20-5)14(18)11-13/h8-9,11,16,19H,6-7,10,12H2,1-5H3. The van der Waals surface area contributed by atoms with E-state index in [0.717, 1.165) is 36.2 Å². The molecular weight excluding hydrogens is 330 g/mol. The second-order valence-electron chi connectivity index (χ2n) is 5.72. The Kier molecular flexibility index (Phi) is 7.71. The summed E-state index contributed by atoms with van der Waals surface area (Å²) in [5, 5.41) is 3.62. The first-order valence-electron chi connectivity index (χ1n) is 7.64. The summed E-state index contributed by atoms with van der Waals surface area (Å²) in [6.07, 6.45) is 2.04. The van der Waals surface area contributed by atoms with E-state index in [1.54, 1.807) is 7.11 Å². The third-order valence-electron chi connectivity index (χ3n) is 3.65. The van der Waals surface area contributed by atoms with Gasteiger partial charge in [0.1, 0.15) is 5.75 Å². The van der Waals surface area contributed by atoms with Gasteiger partial charge in [0.05, 0.1) is 17.2 Å². The number of ether oxygens (including phenoxy) is 2. The molecule has 1 rings (SSSR count). The minimum absolute atomic E-state index is 0.198. The highest BCUT2D eigenvalue weighted by Gasteiger charge is 2.29. The van der Waals surface area contributed by atoms with Crippen LogP contribution in [0.4, 0.5) is 0 Å². The van der Waals surface area contributed by atoms with Crippen LogP contribution in [-0.2, 0) is 11.2 Å². The molecule has 0 aromatic heterocycles. The first kappa shape index (κ1) is 18.5. The van der Waals surface area contributed by atoms with Crippen molar-refractivity contribution in [3.63, 3.8) is 0 Å². The first-order valence-corrected chi connectivity index (χ1v) is 8.43. The van der Waals surface area contributed by atoms with Crippen molar-refractivity contribution in [3.8, 4) is 5.75 Å². The zero-order valence-electron chi connectivity index (χ0n) is 13.8. The van der Waals surface area contributed by atoms with E-state index in [4.69, 9.17) is 9.47 Å². The van der Waals surface area contributed by atoms with Crippen molar-refractivity contribution in [2.75, 3.05) is 20.3 Å². The second kappa shape index (κ2) is 8.76. The van der Waals surface area contributed by atoms with Crippen LogP contribution in [-0.4, -0.2) is 31.9 Å². The van der Waals surface area contributed by atoms with Gasteiger partial charge in [0.2, 0.25) is 0 Å². The highest BCUT2D eigenvalue weighted by Crippen LogP contribution is 2.27. The van der Waals surface area contributed by atoms with Crippen molar-refractivity contribution >= 4 is 15.9 Å². The summed E-state index contributed by atoms with van der Waals surface area (Å²) in [5.41, 5.74) is 1.07. The summed E-state index contributed by atoms with van der Waals surface area (Å²) >= 11 is 3.55. The molecule has 0 aliphatic rings. The second-order valence-corrected chi connectivity index (χ2v) is 6.57. The average Bonchev–Trinajstić information content (AvgIpc) is 2.43. The third kappa shape index (κ3) is 5.61. The number of methoxy groups -OCH3 is 1. The van der Waals surface area contributed by atoms with Crippen LogP contribution in [0.5, 0.6) is 5.75 Å². The number of halogens is 1. The van der Waals surface area contributed by atoms with E-state index in [2.05, 4.69) is 54.2 Å². The third-order valence-corrected chi connectivity index (χ3v) is 4.27. The minimum atomic E-state index is -0.198. The summed E-state index contributed by atoms with van der Waals surface area (Å²) in [5.74, 6) is 0.862. The van der Waals surface area contributed by atoms with Gasteiger partial charge in [0.15, 0.2) is 0 Å². The van der Waals surface area contributed by atoms with E-state index >= 15 is 0 Å². The summed E-state index contributed by atoms with van der Waals surface area (Å²) in [6, 6.07) is 6.52. The van der Waals surface area contributed by atoms with Gasteiger partial charge in [-0.05, 0) is 73.8 Å². The monoisotopic (exact) mass is 357 g/mol. The molecule has 0 fully saturated rings. The molecule has 0 bridgehead atoms. The number of hydrogen-bond donors (Lipinski definition) is 1. The van der Waals surface area contributed by atoms with Gasteiger partial charge < -0.3 is 14.8 Å². The first-order chi connectivity index (χ1) is 9.94. The maximum atomic E-state index is 5.94. The Labute approximate surface area is 137 Å². The summed E-state index contributed by atoms with van der Waals surface area (Å²) in [7, 11) is 1.68. The highest BCUT2D eigenvalue weighted by atomic mass is 79.9. The van der Waals surface area contributed by atoms with Crippen LogP contribution in [0.25, 0.3) is 0 Å². The van der Waals surface area contributed by atoms with Crippen molar-refractivity contribution < 1.29 is 9.47 Å². The quantitative estimate of drug-likeness (QED) is 0.718. The predicted molar refractivity (Wildman–Crippen MR) is 92.2 cm³/mol. The van der Waals surface area contributed by atoms with Gasteiger partial charge in [-0.2, -0.15) is 0 Å². The molecule has 21 heavy (non-hydrogen) atoms. The molecule has 0 saturated carbocycles. The van der Waals surface area contributed by atoms with Crippen molar-refractivity contribution in [1.82, 2.24) is 5.32 Å². The fraction of sp³-hybridized carbons (Fsp3) is 0.647. The lowest BCUT2D eigenvalue weighted by molar-refractivity contribution is -0.0379. The zero-order valence-corrected chi connectivity index (χ0v) is 15.4. The van der Waals surface area contributed by atoms with Gasteiger partial charge >= 0.3 is 0 Å². The SMILES string of the molecule is CCCNC(Cc1ccc(OC)c(Br)c1)C(C)(C)OCC. The topological polar surface area (TPSA) is 30.5 Å². The van der Waals surface area contributed by atoms with Gasteiger partial charge in [-0.25, -0.2) is 0 Å². The molecule has 0 amide bonds. The highest BCUT2D eigenvalue weighted by molar-refractivity contribution is 9.10. The molecule has 120 valence electrons. The van der Waals surface area contributed by atoms with Crippen LogP contribution in [0.1, 0.15) is 39.7 Å². The Balaban J connectivity index is 2.87. The molecule has 1 aromatic rings. The maximum Gasteiger partial charge on any atom is 0.133 e. The predicted octanol–water partition coefficient (Wildman–Crippen LogP) is 4.18. The Morgan fingerprint density at radius 2 is 2.00 bits per heavy atom. The van der Waals surface area contributed by atoms with E-state index in [-0.39, 0.29) is 11.6 Å². The summed E-state index contributed by atoms with van der Waals surface area (Å²) in [4.78, 5) is 0. The number of hydrogen-bond acceptors (Lipinski definition) is 3. The number of nitrogens with one attached hydrogen (secondary N) is 1. The van der Waals surface area contributed by atoms with Crippen LogP contribution < -0.4 is 10.1 Å². The normalized spacial score (nSPS) is 13.2. The van der Waals surface area contributed by atoms with E-state index in [0.29, 0.717) is 0 Å². The number of rotatable bonds is 9. The fourth-order valence-corrected chi connectivity index (χ4v) is 3.02. The van der Waals surface area contributed by atoms with E-state index in [1.807, 2.05) is 13.0 Å². The molecule has 4 heteroatoms. The molecule has 1 aromatic carbocycles. The number of benzene rings is 1. The Bertz CT molecular complexity index is 435. The Hall–Kier alpha value is -0.580. The Morgan fingerprint density at radius 3 is 2.52 bits per heavy atom. The molecule has 0 heterocycles. The van der Waals surface area contributed by atoms with Gasteiger partial charge in [0, 0.05) is 12.6 Å². The molecule has 0 aliphatic heterocycles. The molecular formula is C17H28BrNO2. The van der Waals surface area contributed by atoms with E-state index < -0.39 is 0 Å². The van der Waals surface area contributed by atoms with E-state index in [9.17, 15) is 0 Å². The van der Waals surface area contributed by atoms with Crippen molar-refractivity contribution in [3.05, 3.63) is 28.2 Å². The van der Waals surface area contributed by atoms with E-state index in [1.165, 1.54) is 5.56 Å². The molecule has 1 atom stereocenters. The zero-order chi connectivity index (χ0) is 15.9. The largest absolute Gasteiger partial charge is 0.496 e. The maximum absolute atomic E-state index is 5.94. The van der Waals surface area contributed by atoms with Crippen molar-refractivity contribution in [2.24, 2.45) is 0 Å². The van der Waals surface area contributed by atoms with Gasteiger partial charge in [-0.15, -0.1) is 0 Å². The fourth-order valence-electron chi connectivity index (χ4n) is 2.43. The average molecular weight is 358 g/mol. The van der Waals surface area contributed by atoms with Gasteiger partial charge in [0.25, 0.3) is 0 Å². The molecule has 0 aliphatic carbocycles. The van der Waals surface area contributed by atoms with Crippen LogP contribution in [0, 0.1) is 0 Å². The minimum Gasteiger partial charge on any atom is -0.496 e. The lowest BCUT2D eigenvalue weighted by Gasteiger charge is -2.35. The molecule has 0 spiro atoms. The van der Waals surface area contributed by atoms with Crippen molar-refractivity contribution in [1.29, 1.82) is 0 Å². The van der Waals surface area contributed by atoms with Gasteiger partial charge in [-0.3, -0.25) is 0 Å². The lowest BCUT2D eigenvalue weighted by Crippen LogP contribution is -2.50. The molecule has 1 unspecified atom stereocenters. The smallest absolute Gasteiger partial charge is 0.133 e. The molecule has 3 nitrogen and oxygen atoms in total. The van der Waals surface area contributed by atoms with Crippen LogP contribution >= 0.6 is 15.9 Å². The van der Waals surface area contributed by atoms with Crippen LogP contribution in [0.3, 0.4) is 0 Å². The Morgan fingerprint density at radius 1 is 1.29 bits per heavy atom. The molecule has 1 N–H and O–H groups in total.